The highest BCUT2D eigenvalue weighted by molar-refractivity contribution is 6.00. The fourth-order valence-electron chi connectivity index (χ4n) is 5.96. The molecule has 0 radical (unpaired) electrons. The van der Waals surface area contributed by atoms with Gasteiger partial charge in [-0.15, -0.1) is 0 Å². The van der Waals surface area contributed by atoms with Gasteiger partial charge >= 0.3 is 0 Å². The number of nitrogens with zero attached hydrogens (tertiary/aromatic N) is 3. The van der Waals surface area contributed by atoms with Gasteiger partial charge in [0.1, 0.15) is 5.75 Å². The Kier molecular flexibility index (Phi) is 9.21. The van der Waals surface area contributed by atoms with Crippen molar-refractivity contribution in [3.05, 3.63) is 53.6 Å². The van der Waals surface area contributed by atoms with Gasteiger partial charge in [0.25, 0.3) is 5.91 Å². The van der Waals surface area contributed by atoms with E-state index in [1.165, 1.54) is 0 Å². The van der Waals surface area contributed by atoms with Gasteiger partial charge in [-0.25, -0.2) is 0 Å². The van der Waals surface area contributed by atoms with E-state index in [-0.39, 0.29) is 23.6 Å². The number of carbonyl (C=O) groups excluding carboxylic acids is 3. The van der Waals surface area contributed by atoms with Crippen molar-refractivity contribution in [3.8, 4) is 5.75 Å². The van der Waals surface area contributed by atoms with E-state index in [9.17, 15) is 14.4 Å². The van der Waals surface area contributed by atoms with Crippen LogP contribution in [0.4, 0.5) is 11.4 Å². The van der Waals surface area contributed by atoms with Gasteiger partial charge in [0, 0.05) is 63.8 Å². The first-order valence-electron chi connectivity index (χ1n) is 14.6. The summed E-state index contributed by atoms with van der Waals surface area (Å²) in [5.74, 6) is 0.944. The second kappa shape index (κ2) is 13.2. The molecule has 1 saturated carbocycles. The van der Waals surface area contributed by atoms with Gasteiger partial charge < -0.3 is 30.1 Å². The number of rotatable bonds is 7. The number of carbonyl (C=O) groups is 3. The second-order valence-electron chi connectivity index (χ2n) is 11.0. The molecular weight excluding hydrogens is 506 g/mol. The number of methoxy groups -OCH3 is 1. The van der Waals surface area contributed by atoms with Crippen molar-refractivity contribution in [1.82, 2.24) is 15.1 Å². The van der Waals surface area contributed by atoms with Gasteiger partial charge in [0.2, 0.25) is 11.8 Å². The maximum Gasteiger partial charge on any atom is 0.254 e. The minimum atomic E-state index is -0.00409. The predicted octanol–water partition coefficient (Wildman–Crippen LogP) is 3.15. The molecule has 2 aliphatic heterocycles. The molecule has 5 rings (SSSR count). The number of benzene rings is 2. The summed E-state index contributed by atoms with van der Waals surface area (Å²) in [6, 6.07) is 13.3. The van der Waals surface area contributed by atoms with Crippen LogP contribution in [-0.2, 0) is 16.0 Å². The molecule has 1 aliphatic carbocycles. The lowest BCUT2D eigenvalue weighted by molar-refractivity contribution is -0.130. The summed E-state index contributed by atoms with van der Waals surface area (Å²) in [5, 5.41) is 6.48. The molecule has 9 heteroatoms. The third kappa shape index (κ3) is 6.75. The lowest BCUT2D eigenvalue weighted by Gasteiger charge is -2.29. The molecule has 3 fully saturated rings. The van der Waals surface area contributed by atoms with Gasteiger partial charge in [-0.3, -0.25) is 14.4 Å². The molecule has 3 aliphatic rings. The maximum absolute atomic E-state index is 13.3. The van der Waals surface area contributed by atoms with E-state index in [1.807, 2.05) is 52.3 Å². The predicted molar refractivity (Wildman–Crippen MR) is 156 cm³/mol. The van der Waals surface area contributed by atoms with Crippen LogP contribution >= 0.6 is 0 Å². The first kappa shape index (κ1) is 28.0. The quantitative estimate of drug-likeness (QED) is 0.553. The summed E-state index contributed by atoms with van der Waals surface area (Å²) >= 11 is 0. The SMILES string of the molecule is COc1ccc(CC(=O)N2CCCN(c3ccc(C(=O)N4CCNCC4)cc3NC(=O)C3CCCC3)CC2)cc1. The first-order valence-corrected chi connectivity index (χ1v) is 14.6. The molecule has 40 heavy (non-hydrogen) atoms. The molecule has 2 aromatic rings. The Morgan fingerprint density at radius 3 is 2.35 bits per heavy atom. The highest BCUT2D eigenvalue weighted by Gasteiger charge is 2.27. The molecule has 0 aromatic heterocycles. The monoisotopic (exact) mass is 547 g/mol. The van der Waals surface area contributed by atoms with Crippen molar-refractivity contribution in [1.29, 1.82) is 0 Å². The van der Waals surface area contributed by atoms with E-state index in [0.29, 0.717) is 50.4 Å². The Morgan fingerprint density at radius 2 is 1.62 bits per heavy atom. The van der Waals surface area contributed by atoms with E-state index in [0.717, 1.165) is 68.7 Å². The van der Waals surface area contributed by atoms with Gasteiger partial charge in [0.05, 0.1) is 24.9 Å². The van der Waals surface area contributed by atoms with Gasteiger partial charge in [-0.2, -0.15) is 0 Å². The second-order valence-corrected chi connectivity index (χ2v) is 11.0. The zero-order valence-electron chi connectivity index (χ0n) is 23.5. The Bertz CT molecular complexity index is 1190. The van der Waals surface area contributed by atoms with Crippen LogP contribution < -0.4 is 20.3 Å². The minimum absolute atomic E-state index is 0.00409. The van der Waals surface area contributed by atoms with Gasteiger partial charge in [0.15, 0.2) is 0 Å². The normalized spacial score (nSPS) is 18.4. The number of piperazine rings is 1. The molecule has 2 heterocycles. The Hall–Kier alpha value is -3.59. The fourth-order valence-corrected chi connectivity index (χ4v) is 5.96. The van der Waals surface area contributed by atoms with Crippen LogP contribution in [0.5, 0.6) is 5.75 Å². The van der Waals surface area contributed by atoms with E-state index < -0.39 is 0 Å². The topological polar surface area (TPSA) is 94.2 Å². The standard InChI is InChI=1S/C31H41N5O4/c1-40-26-10-7-23(8-11-26)21-29(37)35-16-4-15-34(19-20-35)28-12-9-25(31(39)36-17-13-32-14-18-36)22-27(28)33-30(38)24-5-2-3-6-24/h7-12,22,24,32H,2-6,13-21H2,1H3,(H,33,38). The van der Waals surface area contributed by atoms with Crippen molar-refractivity contribution in [2.45, 2.75) is 38.5 Å². The summed E-state index contributed by atoms with van der Waals surface area (Å²) in [4.78, 5) is 45.6. The number of nitrogens with one attached hydrogen (secondary N) is 2. The lowest BCUT2D eigenvalue weighted by Crippen LogP contribution is -2.46. The zero-order valence-corrected chi connectivity index (χ0v) is 23.5. The Morgan fingerprint density at radius 1 is 0.875 bits per heavy atom. The summed E-state index contributed by atoms with van der Waals surface area (Å²) in [6.07, 6.45) is 5.17. The van der Waals surface area contributed by atoms with Crippen LogP contribution in [0.1, 0.15) is 48.0 Å². The number of amides is 3. The molecule has 3 amide bonds. The van der Waals surface area contributed by atoms with Gasteiger partial charge in [-0.1, -0.05) is 25.0 Å². The van der Waals surface area contributed by atoms with Crippen LogP contribution in [0.3, 0.4) is 0 Å². The number of ether oxygens (including phenoxy) is 1. The Balaban J connectivity index is 1.30. The number of anilines is 2. The van der Waals surface area contributed by atoms with Crippen LogP contribution in [0, 0.1) is 5.92 Å². The van der Waals surface area contributed by atoms with Crippen molar-refractivity contribution in [2.24, 2.45) is 5.92 Å². The average molecular weight is 548 g/mol. The molecule has 9 nitrogen and oxygen atoms in total. The van der Waals surface area contributed by atoms with Crippen LogP contribution in [0.15, 0.2) is 42.5 Å². The largest absolute Gasteiger partial charge is 0.497 e. The summed E-state index contributed by atoms with van der Waals surface area (Å²) < 4.78 is 5.22. The summed E-state index contributed by atoms with van der Waals surface area (Å²) in [7, 11) is 1.63. The van der Waals surface area contributed by atoms with Crippen LogP contribution in [0.25, 0.3) is 0 Å². The molecule has 0 spiro atoms. The highest BCUT2D eigenvalue weighted by Crippen LogP contribution is 2.32. The van der Waals surface area contributed by atoms with E-state index >= 15 is 0 Å². The van der Waals surface area contributed by atoms with Crippen LogP contribution in [-0.4, -0.2) is 87.0 Å². The minimum Gasteiger partial charge on any atom is -0.497 e. The molecular formula is C31H41N5O4. The third-order valence-corrected chi connectivity index (χ3v) is 8.34. The highest BCUT2D eigenvalue weighted by atomic mass is 16.5. The van der Waals surface area contributed by atoms with E-state index in [2.05, 4.69) is 15.5 Å². The molecule has 214 valence electrons. The smallest absolute Gasteiger partial charge is 0.254 e. The van der Waals surface area contributed by atoms with E-state index in [4.69, 9.17) is 4.74 Å². The molecule has 0 unspecified atom stereocenters. The van der Waals surface area contributed by atoms with Gasteiger partial charge in [-0.05, 0) is 55.2 Å². The number of hydrogen-bond donors (Lipinski definition) is 2. The van der Waals surface area contributed by atoms with Crippen molar-refractivity contribution >= 4 is 29.1 Å². The Labute approximate surface area is 236 Å². The number of hydrogen-bond acceptors (Lipinski definition) is 6. The average Bonchev–Trinajstić information content (AvgIpc) is 3.43. The van der Waals surface area contributed by atoms with Crippen molar-refractivity contribution in [2.75, 3.05) is 69.7 Å². The van der Waals surface area contributed by atoms with Crippen molar-refractivity contribution in [3.63, 3.8) is 0 Å². The third-order valence-electron chi connectivity index (χ3n) is 8.34. The van der Waals surface area contributed by atoms with Crippen molar-refractivity contribution < 1.29 is 19.1 Å². The lowest BCUT2D eigenvalue weighted by atomic mass is 10.1. The van der Waals surface area contributed by atoms with E-state index in [1.54, 1.807) is 7.11 Å². The summed E-state index contributed by atoms with van der Waals surface area (Å²) in [6.45, 7) is 5.65. The fraction of sp³-hybridized carbons (Fsp3) is 0.516. The molecule has 0 atom stereocenters. The zero-order chi connectivity index (χ0) is 27.9. The molecule has 2 saturated heterocycles. The maximum atomic E-state index is 13.3. The first-order chi connectivity index (χ1) is 19.5. The summed E-state index contributed by atoms with van der Waals surface area (Å²) in [5.41, 5.74) is 3.16. The molecule has 2 aromatic carbocycles. The molecule has 0 bridgehead atoms. The van der Waals surface area contributed by atoms with Crippen LogP contribution in [0.2, 0.25) is 0 Å². The molecule has 2 N–H and O–H groups in total.